The van der Waals surface area contributed by atoms with Crippen LogP contribution < -0.4 is 10.5 Å². The number of nitrogens with zero attached hydrogens (tertiary/aromatic N) is 4. The van der Waals surface area contributed by atoms with Crippen molar-refractivity contribution in [3.8, 4) is 11.8 Å². The number of aromatic nitrogens is 4. The van der Waals surface area contributed by atoms with Crippen LogP contribution in [0.4, 0.5) is 5.82 Å². The van der Waals surface area contributed by atoms with Crippen molar-refractivity contribution in [2.45, 2.75) is 6.92 Å². The molecular weight excluding hydrogens is 274 g/mol. The highest BCUT2D eigenvalue weighted by Crippen LogP contribution is 2.18. The lowest BCUT2D eigenvalue weighted by Gasteiger charge is -2.03. The van der Waals surface area contributed by atoms with E-state index in [0.717, 1.165) is 0 Å². The number of nitrogen functional groups attached to an aromatic ring is 1. The van der Waals surface area contributed by atoms with E-state index in [4.69, 9.17) is 10.5 Å². The topological polar surface area (TPSA) is 78.9 Å². The summed E-state index contributed by atoms with van der Waals surface area (Å²) in [4.78, 5) is 8.26. The molecule has 2 rings (SSSR count). The highest BCUT2D eigenvalue weighted by molar-refractivity contribution is 9.10. The molecule has 84 valence electrons. The van der Waals surface area contributed by atoms with Gasteiger partial charge in [-0.25, -0.2) is 9.67 Å². The summed E-state index contributed by atoms with van der Waals surface area (Å²) in [5, 5.41) is 4.05. The number of halogens is 1. The van der Waals surface area contributed by atoms with Gasteiger partial charge in [-0.2, -0.15) is 4.98 Å². The lowest BCUT2D eigenvalue weighted by atomic mass is 10.6. The van der Waals surface area contributed by atoms with E-state index in [2.05, 4.69) is 31.0 Å². The Balaban J connectivity index is 2.36. The molecule has 0 atom stereocenters. The molecule has 2 N–H and O–H groups in total. The number of ether oxygens (including phenoxy) is 1. The predicted octanol–water partition coefficient (Wildman–Crippen LogP) is 1.41. The summed E-state index contributed by atoms with van der Waals surface area (Å²) in [6.45, 7) is 2.45. The van der Waals surface area contributed by atoms with Crippen molar-refractivity contribution >= 4 is 21.7 Å². The van der Waals surface area contributed by atoms with Crippen molar-refractivity contribution in [3.63, 3.8) is 0 Å². The van der Waals surface area contributed by atoms with Crippen LogP contribution >= 0.6 is 15.9 Å². The third-order valence-corrected chi connectivity index (χ3v) is 2.42. The van der Waals surface area contributed by atoms with Crippen LogP contribution in [0.1, 0.15) is 6.92 Å². The molecule has 0 bridgehead atoms. The first-order valence-electron chi connectivity index (χ1n) is 4.67. The van der Waals surface area contributed by atoms with Gasteiger partial charge in [-0.3, -0.25) is 0 Å². The first-order chi connectivity index (χ1) is 7.70. The van der Waals surface area contributed by atoms with Crippen molar-refractivity contribution in [1.29, 1.82) is 0 Å². The SMILES string of the molecule is CCOc1ccnc(-n2cc(Br)c(N)n2)n1. The summed E-state index contributed by atoms with van der Waals surface area (Å²) in [6, 6.07) is 1.69. The maximum atomic E-state index is 5.61. The van der Waals surface area contributed by atoms with E-state index in [-0.39, 0.29) is 0 Å². The molecule has 2 aromatic heterocycles. The fourth-order valence-electron chi connectivity index (χ4n) is 1.14. The van der Waals surface area contributed by atoms with Crippen LogP contribution in [0.25, 0.3) is 5.95 Å². The van der Waals surface area contributed by atoms with Gasteiger partial charge < -0.3 is 10.5 Å². The molecule has 0 saturated heterocycles. The number of hydrogen-bond donors (Lipinski definition) is 1. The minimum atomic E-state index is 0.394. The zero-order chi connectivity index (χ0) is 11.5. The minimum absolute atomic E-state index is 0.394. The lowest BCUT2D eigenvalue weighted by molar-refractivity contribution is 0.325. The number of anilines is 1. The number of hydrogen-bond acceptors (Lipinski definition) is 5. The van der Waals surface area contributed by atoms with E-state index in [9.17, 15) is 0 Å². The smallest absolute Gasteiger partial charge is 0.253 e. The summed E-state index contributed by atoms with van der Waals surface area (Å²) in [7, 11) is 0. The molecular formula is C9H10BrN5O. The maximum Gasteiger partial charge on any atom is 0.253 e. The van der Waals surface area contributed by atoms with Gasteiger partial charge in [0.25, 0.3) is 5.95 Å². The fraction of sp³-hybridized carbons (Fsp3) is 0.222. The van der Waals surface area contributed by atoms with Gasteiger partial charge in [-0.1, -0.05) is 0 Å². The molecule has 0 spiro atoms. The second-order valence-corrected chi connectivity index (χ2v) is 3.79. The van der Waals surface area contributed by atoms with Crippen LogP contribution in [-0.2, 0) is 0 Å². The van der Waals surface area contributed by atoms with E-state index in [1.807, 2.05) is 6.92 Å². The van der Waals surface area contributed by atoms with E-state index in [1.165, 1.54) is 4.68 Å². The normalized spacial score (nSPS) is 10.4. The van der Waals surface area contributed by atoms with Crippen LogP contribution in [0, 0.1) is 0 Å². The maximum absolute atomic E-state index is 5.61. The molecule has 0 unspecified atom stereocenters. The molecule has 2 aromatic rings. The lowest BCUT2D eigenvalue weighted by Crippen LogP contribution is -2.04. The highest BCUT2D eigenvalue weighted by Gasteiger charge is 2.07. The Hall–Kier alpha value is -1.63. The monoisotopic (exact) mass is 283 g/mol. The van der Waals surface area contributed by atoms with Gasteiger partial charge in [0.2, 0.25) is 5.88 Å². The van der Waals surface area contributed by atoms with E-state index in [0.29, 0.717) is 28.7 Å². The van der Waals surface area contributed by atoms with Crippen LogP contribution in [0.2, 0.25) is 0 Å². The zero-order valence-electron chi connectivity index (χ0n) is 8.59. The summed E-state index contributed by atoms with van der Waals surface area (Å²) >= 11 is 3.27. The Bertz CT molecular complexity index is 479. The fourth-order valence-corrected chi connectivity index (χ4v) is 1.41. The van der Waals surface area contributed by atoms with Gasteiger partial charge in [-0.15, -0.1) is 5.10 Å². The molecule has 0 aliphatic rings. The molecule has 0 aliphatic carbocycles. The first kappa shape index (κ1) is 10.9. The summed E-state index contributed by atoms with van der Waals surface area (Å²) in [5.41, 5.74) is 5.61. The first-order valence-corrected chi connectivity index (χ1v) is 5.47. The average molecular weight is 284 g/mol. The molecule has 0 aromatic carbocycles. The average Bonchev–Trinajstić information content (AvgIpc) is 2.60. The predicted molar refractivity (Wildman–Crippen MR) is 62.4 cm³/mol. The van der Waals surface area contributed by atoms with E-state index in [1.54, 1.807) is 18.5 Å². The van der Waals surface area contributed by atoms with Crippen molar-refractivity contribution < 1.29 is 4.74 Å². The minimum Gasteiger partial charge on any atom is -0.478 e. The molecule has 0 fully saturated rings. The van der Waals surface area contributed by atoms with Crippen molar-refractivity contribution in [1.82, 2.24) is 19.7 Å². The van der Waals surface area contributed by atoms with Gasteiger partial charge in [-0.05, 0) is 22.9 Å². The van der Waals surface area contributed by atoms with Gasteiger partial charge in [0.05, 0.1) is 17.3 Å². The van der Waals surface area contributed by atoms with Crippen molar-refractivity contribution in [2.24, 2.45) is 0 Å². The molecule has 2 heterocycles. The Morgan fingerprint density at radius 2 is 2.38 bits per heavy atom. The number of rotatable bonds is 3. The van der Waals surface area contributed by atoms with Gasteiger partial charge >= 0.3 is 0 Å². The summed E-state index contributed by atoms with van der Waals surface area (Å²) in [5.74, 6) is 1.33. The Morgan fingerprint density at radius 1 is 1.56 bits per heavy atom. The Morgan fingerprint density at radius 3 is 3.00 bits per heavy atom. The van der Waals surface area contributed by atoms with Gasteiger partial charge in [0, 0.05) is 12.3 Å². The van der Waals surface area contributed by atoms with Crippen molar-refractivity contribution in [3.05, 3.63) is 22.9 Å². The largest absolute Gasteiger partial charge is 0.478 e. The second-order valence-electron chi connectivity index (χ2n) is 2.93. The molecule has 16 heavy (non-hydrogen) atoms. The molecule has 6 nitrogen and oxygen atoms in total. The molecule has 0 saturated carbocycles. The van der Waals surface area contributed by atoms with Crippen LogP contribution in [0.3, 0.4) is 0 Å². The van der Waals surface area contributed by atoms with Crippen LogP contribution in [0.5, 0.6) is 5.88 Å². The van der Waals surface area contributed by atoms with Crippen LogP contribution in [0.15, 0.2) is 22.9 Å². The quantitative estimate of drug-likeness (QED) is 0.921. The summed E-state index contributed by atoms with van der Waals surface area (Å²) < 4.78 is 7.46. The number of nitrogens with two attached hydrogens (primary N) is 1. The van der Waals surface area contributed by atoms with E-state index >= 15 is 0 Å². The Kier molecular flexibility index (Phi) is 3.04. The van der Waals surface area contributed by atoms with E-state index < -0.39 is 0 Å². The third-order valence-electron chi connectivity index (χ3n) is 1.81. The molecule has 7 heteroatoms. The Labute approximate surface area is 101 Å². The highest BCUT2D eigenvalue weighted by atomic mass is 79.9. The van der Waals surface area contributed by atoms with Gasteiger partial charge in [0.1, 0.15) is 0 Å². The van der Waals surface area contributed by atoms with Gasteiger partial charge in [0.15, 0.2) is 5.82 Å². The molecule has 0 aliphatic heterocycles. The third kappa shape index (κ3) is 2.13. The van der Waals surface area contributed by atoms with Crippen molar-refractivity contribution in [2.75, 3.05) is 12.3 Å². The standard InChI is InChI=1S/C9H10BrN5O/c1-2-16-7-3-4-12-9(13-7)15-5-6(10)8(11)14-15/h3-5H,2H2,1H3,(H2,11,14). The zero-order valence-corrected chi connectivity index (χ0v) is 10.2. The van der Waals surface area contributed by atoms with Crippen LogP contribution in [-0.4, -0.2) is 26.4 Å². The molecule has 0 radical (unpaired) electrons. The second kappa shape index (κ2) is 4.48. The summed E-state index contributed by atoms with van der Waals surface area (Å²) in [6.07, 6.45) is 3.31. The molecule has 0 amide bonds.